The molecule has 3 heteroatoms. The summed E-state index contributed by atoms with van der Waals surface area (Å²) in [5.41, 5.74) is 0.835. The van der Waals surface area contributed by atoms with Gasteiger partial charge in [0.25, 0.3) is 0 Å². The summed E-state index contributed by atoms with van der Waals surface area (Å²) >= 11 is 0. The van der Waals surface area contributed by atoms with Gasteiger partial charge in [0.1, 0.15) is 5.82 Å². The van der Waals surface area contributed by atoms with Gasteiger partial charge in [0, 0.05) is 11.6 Å². The smallest absolute Gasteiger partial charge is 0.159 e. The Morgan fingerprint density at radius 2 is 2.07 bits per heavy atom. The number of rotatable bonds is 3. The highest BCUT2D eigenvalue weighted by Gasteiger charge is 2.06. The zero-order valence-corrected chi connectivity index (χ0v) is 8.60. The fourth-order valence-electron chi connectivity index (χ4n) is 1.16. The molecule has 1 rings (SSSR count). The molecule has 0 fully saturated rings. The predicted molar refractivity (Wildman–Crippen MR) is 55.2 cm³/mol. The van der Waals surface area contributed by atoms with E-state index in [2.05, 4.69) is 5.32 Å². The molecule has 0 amide bonds. The van der Waals surface area contributed by atoms with Crippen LogP contribution in [0.1, 0.15) is 31.1 Å². The number of hydrogen-bond donors (Lipinski definition) is 1. The third-order valence-corrected chi connectivity index (χ3v) is 1.82. The molecule has 76 valence electrons. The van der Waals surface area contributed by atoms with Crippen LogP contribution < -0.4 is 5.32 Å². The number of Topliss-reactive ketones (excluding diaryl/α,β-unsaturated/α-hetero) is 1. The van der Waals surface area contributed by atoms with Crippen LogP contribution in [0.15, 0.2) is 18.2 Å². The van der Waals surface area contributed by atoms with Crippen molar-refractivity contribution in [2.24, 2.45) is 0 Å². The molecule has 0 heterocycles. The Balaban J connectivity index is 2.95. The van der Waals surface area contributed by atoms with Crippen molar-refractivity contribution in [3.63, 3.8) is 0 Å². The first-order valence-corrected chi connectivity index (χ1v) is 4.57. The predicted octanol–water partition coefficient (Wildman–Crippen LogP) is 2.85. The minimum atomic E-state index is -0.383. The van der Waals surface area contributed by atoms with Gasteiger partial charge in [-0.2, -0.15) is 0 Å². The maximum atomic E-state index is 13.4. The second kappa shape index (κ2) is 4.22. The van der Waals surface area contributed by atoms with Crippen molar-refractivity contribution in [1.82, 2.24) is 0 Å². The van der Waals surface area contributed by atoms with Crippen molar-refractivity contribution in [2.45, 2.75) is 26.8 Å². The van der Waals surface area contributed by atoms with Gasteiger partial charge in [0.05, 0.1) is 5.69 Å². The molecular formula is C11H14FNO. The monoisotopic (exact) mass is 195 g/mol. The van der Waals surface area contributed by atoms with E-state index in [-0.39, 0.29) is 17.6 Å². The summed E-state index contributed by atoms with van der Waals surface area (Å²) in [5.74, 6) is -0.508. The molecule has 0 aliphatic carbocycles. The van der Waals surface area contributed by atoms with Gasteiger partial charge in [-0.15, -0.1) is 0 Å². The lowest BCUT2D eigenvalue weighted by atomic mass is 10.1. The van der Waals surface area contributed by atoms with Crippen molar-refractivity contribution in [3.8, 4) is 0 Å². The molecule has 1 aromatic rings. The van der Waals surface area contributed by atoms with Crippen molar-refractivity contribution in [2.75, 3.05) is 5.32 Å². The number of halogens is 1. The van der Waals surface area contributed by atoms with E-state index in [4.69, 9.17) is 0 Å². The first-order valence-electron chi connectivity index (χ1n) is 4.57. The Bertz CT molecular complexity index is 347. The third kappa shape index (κ3) is 2.55. The summed E-state index contributed by atoms with van der Waals surface area (Å²) in [6, 6.07) is 4.64. The lowest BCUT2D eigenvalue weighted by Gasteiger charge is -2.11. The van der Waals surface area contributed by atoms with E-state index in [1.54, 1.807) is 12.1 Å². The number of hydrogen-bond acceptors (Lipinski definition) is 2. The molecule has 0 aromatic heterocycles. The molecule has 1 N–H and O–H groups in total. The average molecular weight is 195 g/mol. The highest BCUT2D eigenvalue weighted by molar-refractivity contribution is 5.94. The molecule has 0 spiro atoms. The largest absolute Gasteiger partial charge is 0.381 e. The lowest BCUT2D eigenvalue weighted by molar-refractivity contribution is 0.101. The van der Waals surface area contributed by atoms with Crippen LogP contribution in [0.3, 0.4) is 0 Å². The standard InChI is InChI=1S/C11H14FNO/c1-7(2)13-11-5-4-9(8(3)14)6-10(11)12/h4-7,13H,1-3H3. The summed E-state index contributed by atoms with van der Waals surface area (Å²) in [4.78, 5) is 10.9. The van der Waals surface area contributed by atoms with Crippen LogP contribution in [0.4, 0.5) is 10.1 Å². The second-order valence-corrected chi connectivity index (χ2v) is 3.55. The van der Waals surface area contributed by atoms with E-state index in [9.17, 15) is 9.18 Å². The van der Waals surface area contributed by atoms with Gasteiger partial charge in [-0.05, 0) is 39.0 Å². The average Bonchev–Trinajstić information content (AvgIpc) is 2.07. The van der Waals surface area contributed by atoms with Crippen LogP contribution in [-0.4, -0.2) is 11.8 Å². The molecule has 0 atom stereocenters. The van der Waals surface area contributed by atoms with Gasteiger partial charge in [-0.3, -0.25) is 4.79 Å². The number of nitrogens with one attached hydrogen (secondary N) is 1. The molecule has 0 aliphatic heterocycles. The molecule has 0 saturated heterocycles. The fraction of sp³-hybridized carbons (Fsp3) is 0.364. The maximum absolute atomic E-state index is 13.4. The van der Waals surface area contributed by atoms with Gasteiger partial charge in [-0.25, -0.2) is 4.39 Å². The molecule has 0 unspecified atom stereocenters. The minimum Gasteiger partial charge on any atom is -0.381 e. The van der Waals surface area contributed by atoms with Gasteiger partial charge >= 0.3 is 0 Å². The Morgan fingerprint density at radius 1 is 1.43 bits per heavy atom. The van der Waals surface area contributed by atoms with Crippen molar-refractivity contribution >= 4 is 11.5 Å². The van der Waals surface area contributed by atoms with E-state index in [0.717, 1.165) is 0 Å². The zero-order chi connectivity index (χ0) is 10.7. The van der Waals surface area contributed by atoms with Crippen LogP contribution in [0.2, 0.25) is 0 Å². The Kier molecular flexibility index (Phi) is 3.23. The zero-order valence-electron chi connectivity index (χ0n) is 8.60. The number of carbonyl (C=O) groups excluding carboxylic acids is 1. The third-order valence-electron chi connectivity index (χ3n) is 1.82. The van der Waals surface area contributed by atoms with Crippen LogP contribution in [-0.2, 0) is 0 Å². The van der Waals surface area contributed by atoms with Crippen molar-refractivity contribution in [3.05, 3.63) is 29.6 Å². The van der Waals surface area contributed by atoms with Gasteiger partial charge in [-0.1, -0.05) is 0 Å². The van der Waals surface area contributed by atoms with Crippen LogP contribution in [0.25, 0.3) is 0 Å². The molecule has 1 aromatic carbocycles. The number of anilines is 1. The van der Waals surface area contributed by atoms with Gasteiger partial charge in [0.15, 0.2) is 5.78 Å². The van der Waals surface area contributed by atoms with E-state index in [1.165, 1.54) is 13.0 Å². The molecule has 0 bridgehead atoms. The molecule has 14 heavy (non-hydrogen) atoms. The van der Waals surface area contributed by atoms with E-state index in [0.29, 0.717) is 11.3 Å². The van der Waals surface area contributed by atoms with E-state index >= 15 is 0 Å². The number of carbonyl (C=O) groups is 1. The molecule has 0 radical (unpaired) electrons. The fourth-order valence-corrected chi connectivity index (χ4v) is 1.16. The molecule has 2 nitrogen and oxygen atoms in total. The Labute approximate surface area is 83.1 Å². The van der Waals surface area contributed by atoms with Gasteiger partial charge in [0.2, 0.25) is 0 Å². The summed E-state index contributed by atoms with van der Waals surface area (Å²) in [5, 5.41) is 2.95. The second-order valence-electron chi connectivity index (χ2n) is 3.55. The first kappa shape index (κ1) is 10.7. The Morgan fingerprint density at radius 3 is 2.50 bits per heavy atom. The van der Waals surface area contributed by atoms with Crippen LogP contribution >= 0.6 is 0 Å². The summed E-state index contributed by atoms with van der Waals surface area (Å²) < 4.78 is 13.4. The van der Waals surface area contributed by atoms with Crippen LogP contribution in [0, 0.1) is 5.82 Å². The minimum absolute atomic E-state index is 0.125. The SMILES string of the molecule is CC(=O)c1ccc(NC(C)C)c(F)c1. The first-order chi connectivity index (χ1) is 6.50. The van der Waals surface area contributed by atoms with Gasteiger partial charge < -0.3 is 5.32 Å². The number of ketones is 1. The van der Waals surface area contributed by atoms with Crippen molar-refractivity contribution in [1.29, 1.82) is 0 Å². The van der Waals surface area contributed by atoms with E-state index < -0.39 is 0 Å². The Hall–Kier alpha value is -1.38. The van der Waals surface area contributed by atoms with Crippen LogP contribution in [0.5, 0.6) is 0 Å². The summed E-state index contributed by atoms with van der Waals surface area (Å²) in [6.07, 6.45) is 0. The normalized spacial score (nSPS) is 10.4. The lowest BCUT2D eigenvalue weighted by Crippen LogP contribution is -2.11. The maximum Gasteiger partial charge on any atom is 0.159 e. The number of benzene rings is 1. The van der Waals surface area contributed by atoms with Crippen molar-refractivity contribution < 1.29 is 9.18 Å². The highest BCUT2D eigenvalue weighted by Crippen LogP contribution is 2.16. The molecule has 0 saturated carbocycles. The molecular weight excluding hydrogens is 181 g/mol. The summed E-state index contributed by atoms with van der Waals surface area (Å²) in [7, 11) is 0. The topological polar surface area (TPSA) is 29.1 Å². The quantitative estimate of drug-likeness (QED) is 0.751. The summed E-state index contributed by atoms with van der Waals surface area (Å²) in [6.45, 7) is 5.28. The van der Waals surface area contributed by atoms with E-state index in [1.807, 2.05) is 13.8 Å². The molecule has 0 aliphatic rings. The highest BCUT2D eigenvalue weighted by atomic mass is 19.1.